The molecule has 1 N–H and O–H groups in total. The maximum Gasteiger partial charge on any atom is 0.337 e. The third-order valence-electron chi connectivity index (χ3n) is 4.28. The lowest BCUT2D eigenvalue weighted by atomic mass is 10.1. The fourth-order valence-corrected chi connectivity index (χ4v) is 3.71. The second kappa shape index (κ2) is 9.24. The first-order valence-electron chi connectivity index (χ1n) is 8.84. The van der Waals surface area contributed by atoms with Crippen LogP contribution in [-0.4, -0.2) is 19.0 Å². The molecule has 0 bridgehead atoms. The summed E-state index contributed by atoms with van der Waals surface area (Å²) >= 11 is 1.62. The topological polar surface area (TPSA) is 55.4 Å². The Morgan fingerprint density at radius 1 is 0.964 bits per heavy atom. The van der Waals surface area contributed by atoms with Crippen LogP contribution >= 0.6 is 11.8 Å². The standard InChI is InChI=1S/C23H21NO3S/c1-16-12-13-18(23(26)27-2)14-20(16)24-22(25)19-10-6-7-11-21(19)28-15-17-8-4-3-5-9-17/h3-14H,15H2,1-2H3,(H,24,25). The lowest BCUT2D eigenvalue weighted by Crippen LogP contribution is -2.14. The Bertz CT molecular complexity index is 986. The van der Waals surface area contributed by atoms with Crippen molar-refractivity contribution in [2.45, 2.75) is 17.6 Å². The summed E-state index contributed by atoms with van der Waals surface area (Å²) in [5.41, 5.74) is 3.66. The van der Waals surface area contributed by atoms with Crippen molar-refractivity contribution in [1.29, 1.82) is 0 Å². The molecule has 0 atom stereocenters. The minimum atomic E-state index is -0.436. The highest BCUT2D eigenvalue weighted by Crippen LogP contribution is 2.27. The van der Waals surface area contributed by atoms with Crippen LogP contribution in [0.1, 0.15) is 31.8 Å². The van der Waals surface area contributed by atoms with E-state index in [9.17, 15) is 9.59 Å². The average molecular weight is 391 g/mol. The van der Waals surface area contributed by atoms with Gasteiger partial charge in [-0.2, -0.15) is 0 Å². The van der Waals surface area contributed by atoms with Gasteiger partial charge in [0.25, 0.3) is 5.91 Å². The van der Waals surface area contributed by atoms with E-state index in [0.717, 1.165) is 16.2 Å². The summed E-state index contributed by atoms with van der Waals surface area (Å²) < 4.78 is 4.76. The molecule has 0 aliphatic heterocycles. The zero-order chi connectivity index (χ0) is 19.9. The molecule has 142 valence electrons. The van der Waals surface area contributed by atoms with Gasteiger partial charge in [-0.3, -0.25) is 4.79 Å². The van der Waals surface area contributed by atoms with Gasteiger partial charge < -0.3 is 10.1 Å². The van der Waals surface area contributed by atoms with Crippen molar-refractivity contribution in [2.24, 2.45) is 0 Å². The van der Waals surface area contributed by atoms with Crippen molar-refractivity contribution in [2.75, 3.05) is 12.4 Å². The SMILES string of the molecule is COC(=O)c1ccc(C)c(NC(=O)c2ccccc2SCc2ccccc2)c1. The van der Waals surface area contributed by atoms with Crippen molar-refractivity contribution >= 4 is 29.3 Å². The highest BCUT2D eigenvalue weighted by Gasteiger charge is 2.14. The zero-order valence-corrected chi connectivity index (χ0v) is 16.6. The van der Waals surface area contributed by atoms with E-state index in [-0.39, 0.29) is 5.91 Å². The van der Waals surface area contributed by atoms with Crippen molar-refractivity contribution in [3.8, 4) is 0 Å². The number of amides is 1. The van der Waals surface area contributed by atoms with E-state index in [2.05, 4.69) is 17.4 Å². The van der Waals surface area contributed by atoms with Crippen LogP contribution in [0.4, 0.5) is 5.69 Å². The monoisotopic (exact) mass is 391 g/mol. The summed E-state index contributed by atoms with van der Waals surface area (Å²) in [4.78, 5) is 25.6. The molecular formula is C23H21NO3S. The van der Waals surface area contributed by atoms with Crippen LogP contribution < -0.4 is 5.32 Å². The van der Waals surface area contributed by atoms with Gasteiger partial charge in [-0.1, -0.05) is 48.5 Å². The summed E-state index contributed by atoms with van der Waals surface area (Å²) in [6.07, 6.45) is 0. The molecule has 1 amide bonds. The largest absolute Gasteiger partial charge is 0.465 e. The molecule has 3 aromatic rings. The van der Waals surface area contributed by atoms with Gasteiger partial charge in [0.2, 0.25) is 0 Å². The maximum atomic E-state index is 12.9. The lowest BCUT2D eigenvalue weighted by Gasteiger charge is -2.12. The Kier molecular flexibility index (Phi) is 6.50. The first-order valence-corrected chi connectivity index (χ1v) is 9.83. The number of rotatable bonds is 6. The second-order valence-electron chi connectivity index (χ2n) is 6.25. The minimum Gasteiger partial charge on any atom is -0.465 e. The number of methoxy groups -OCH3 is 1. The lowest BCUT2D eigenvalue weighted by molar-refractivity contribution is 0.0600. The number of anilines is 1. The summed E-state index contributed by atoms with van der Waals surface area (Å²) in [5.74, 6) is 0.137. The Morgan fingerprint density at radius 3 is 2.43 bits per heavy atom. The summed E-state index contributed by atoms with van der Waals surface area (Å²) in [6.45, 7) is 1.88. The van der Waals surface area contributed by atoms with E-state index >= 15 is 0 Å². The van der Waals surface area contributed by atoms with Crippen LogP contribution in [0, 0.1) is 6.92 Å². The van der Waals surface area contributed by atoms with Crippen LogP contribution in [-0.2, 0) is 10.5 Å². The summed E-state index contributed by atoms with van der Waals surface area (Å²) in [5, 5.41) is 2.92. The molecular weight excluding hydrogens is 370 g/mol. The Labute approximate surface area is 168 Å². The van der Waals surface area contributed by atoms with E-state index in [1.807, 2.05) is 49.4 Å². The van der Waals surface area contributed by atoms with E-state index in [1.165, 1.54) is 12.7 Å². The number of hydrogen-bond donors (Lipinski definition) is 1. The fourth-order valence-electron chi connectivity index (χ4n) is 2.71. The van der Waals surface area contributed by atoms with Crippen LogP contribution in [0.25, 0.3) is 0 Å². The number of nitrogens with one attached hydrogen (secondary N) is 1. The maximum absolute atomic E-state index is 12.9. The Balaban J connectivity index is 1.79. The number of hydrogen-bond acceptors (Lipinski definition) is 4. The summed E-state index contributed by atoms with van der Waals surface area (Å²) in [7, 11) is 1.33. The Morgan fingerprint density at radius 2 is 1.68 bits per heavy atom. The molecule has 5 heteroatoms. The van der Waals surface area contributed by atoms with Crippen molar-refractivity contribution in [3.63, 3.8) is 0 Å². The van der Waals surface area contributed by atoms with Gasteiger partial charge >= 0.3 is 5.97 Å². The smallest absolute Gasteiger partial charge is 0.337 e. The predicted octanol–water partition coefficient (Wildman–Crippen LogP) is 5.33. The zero-order valence-electron chi connectivity index (χ0n) is 15.8. The molecule has 0 fully saturated rings. The number of carbonyl (C=O) groups excluding carboxylic acids is 2. The molecule has 4 nitrogen and oxygen atoms in total. The van der Waals surface area contributed by atoms with E-state index in [1.54, 1.807) is 30.0 Å². The van der Waals surface area contributed by atoms with Crippen molar-refractivity contribution in [3.05, 3.63) is 95.1 Å². The highest BCUT2D eigenvalue weighted by atomic mass is 32.2. The normalized spacial score (nSPS) is 10.4. The third kappa shape index (κ3) is 4.81. The molecule has 0 saturated heterocycles. The van der Waals surface area contributed by atoms with Crippen LogP contribution in [0.15, 0.2) is 77.7 Å². The van der Waals surface area contributed by atoms with Gasteiger partial charge in [-0.15, -0.1) is 11.8 Å². The molecule has 3 aromatic carbocycles. The fraction of sp³-hybridized carbons (Fsp3) is 0.130. The number of carbonyl (C=O) groups is 2. The van der Waals surface area contributed by atoms with Gasteiger partial charge in [-0.25, -0.2) is 4.79 Å². The van der Waals surface area contributed by atoms with Gasteiger partial charge in [-0.05, 0) is 42.3 Å². The van der Waals surface area contributed by atoms with Gasteiger partial charge in [0.15, 0.2) is 0 Å². The molecule has 0 spiro atoms. The van der Waals surface area contributed by atoms with E-state index in [4.69, 9.17) is 4.74 Å². The quantitative estimate of drug-likeness (QED) is 0.456. The Hall–Kier alpha value is -3.05. The van der Waals surface area contributed by atoms with Gasteiger partial charge in [0.05, 0.1) is 18.2 Å². The van der Waals surface area contributed by atoms with Gasteiger partial charge in [0, 0.05) is 16.3 Å². The van der Waals surface area contributed by atoms with Crippen molar-refractivity contribution in [1.82, 2.24) is 0 Å². The molecule has 3 rings (SSSR count). The molecule has 0 radical (unpaired) electrons. The molecule has 0 unspecified atom stereocenters. The summed E-state index contributed by atoms with van der Waals surface area (Å²) in [6, 6.07) is 22.8. The second-order valence-corrected chi connectivity index (χ2v) is 7.26. The van der Waals surface area contributed by atoms with E-state index in [0.29, 0.717) is 16.8 Å². The van der Waals surface area contributed by atoms with Crippen LogP contribution in [0.2, 0.25) is 0 Å². The van der Waals surface area contributed by atoms with Gasteiger partial charge in [0.1, 0.15) is 0 Å². The predicted molar refractivity (Wildman–Crippen MR) is 113 cm³/mol. The highest BCUT2D eigenvalue weighted by molar-refractivity contribution is 7.98. The van der Waals surface area contributed by atoms with Crippen LogP contribution in [0.3, 0.4) is 0 Å². The molecule has 0 aromatic heterocycles. The van der Waals surface area contributed by atoms with Crippen LogP contribution in [0.5, 0.6) is 0 Å². The third-order valence-corrected chi connectivity index (χ3v) is 5.42. The number of aryl methyl sites for hydroxylation is 1. The minimum absolute atomic E-state index is 0.207. The molecule has 0 aliphatic carbocycles. The molecule has 0 aliphatic rings. The number of ether oxygens (including phenoxy) is 1. The number of thioether (sulfide) groups is 1. The first-order chi connectivity index (χ1) is 13.6. The molecule has 28 heavy (non-hydrogen) atoms. The average Bonchev–Trinajstić information content (AvgIpc) is 2.74. The number of benzene rings is 3. The number of esters is 1. The molecule has 0 saturated carbocycles. The molecule has 0 heterocycles. The van der Waals surface area contributed by atoms with Crippen molar-refractivity contribution < 1.29 is 14.3 Å². The van der Waals surface area contributed by atoms with E-state index < -0.39 is 5.97 Å². The first kappa shape index (κ1) is 19.7.